The van der Waals surface area contributed by atoms with E-state index >= 15 is 0 Å². The number of Topliss-reactive ketones (excluding diaryl/α,β-unsaturated/α-hetero) is 1. The van der Waals surface area contributed by atoms with Gasteiger partial charge in [-0.15, -0.1) is 0 Å². The van der Waals surface area contributed by atoms with Crippen LogP contribution >= 0.6 is 34.8 Å². The Labute approximate surface area is 191 Å². The van der Waals surface area contributed by atoms with E-state index in [-0.39, 0.29) is 26.6 Å². The molecule has 31 heavy (non-hydrogen) atoms. The summed E-state index contributed by atoms with van der Waals surface area (Å²) in [4.78, 5) is 33.3. The number of esters is 1. The van der Waals surface area contributed by atoms with Crippen molar-refractivity contribution in [2.75, 3.05) is 5.73 Å². The Bertz CT molecular complexity index is 1310. The summed E-state index contributed by atoms with van der Waals surface area (Å²) in [6, 6.07) is 16.0. The van der Waals surface area contributed by atoms with E-state index < -0.39 is 17.9 Å². The van der Waals surface area contributed by atoms with Crippen LogP contribution in [-0.4, -0.2) is 21.7 Å². The lowest BCUT2D eigenvalue weighted by Crippen LogP contribution is -2.21. The van der Waals surface area contributed by atoms with Gasteiger partial charge in [0.15, 0.2) is 17.0 Å². The molecule has 0 aliphatic rings. The number of nitrogens with one attached hydrogen (secondary N) is 1. The number of anilines is 1. The maximum Gasteiger partial charge on any atom is 0.359 e. The Morgan fingerprint density at radius 3 is 2.39 bits per heavy atom. The summed E-state index contributed by atoms with van der Waals surface area (Å²) in [5, 5.41) is 0.234. The Hall–Kier alpha value is -3.06. The van der Waals surface area contributed by atoms with Crippen LogP contribution in [-0.2, 0) is 4.74 Å². The number of carbonyl (C=O) groups is 2. The minimum absolute atomic E-state index is 0.0716. The van der Waals surface area contributed by atoms with E-state index in [2.05, 4.69) is 9.97 Å². The van der Waals surface area contributed by atoms with Gasteiger partial charge in [-0.05, 0) is 6.07 Å². The van der Waals surface area contributed by atoms with Gasteiger partial charge < -0.3 is 15.5 Å². The van der Waals surface area contributed by atoms with E-state index in [0.717, 1.165) is 5.52 Å². The number of hydrogen-bond donors (Lipinski definition) is 2. The lowest BCUT2D eigenvalue weighted by molar-refractivity contribution is 0.0275. The molecule has 2 aromatic carbocycles. The molecule has 4 rings (SSSR count). The van der Waals surface area contributed by atoms with E-state index in [4.69, 9.17) is 45.3 Å². The van der Waals surface area contributed by atoms with Gasteiger partial charge in [-0.25, -0.2) is 9.78 Å². The van der Waals surface area contributed by atoms with Gasteiger partial charge in [-0.3, -0.25) is 4.79 Å². The summed E-state index contributed by atoms with van der Waals surface area (Å²) in [5.74, 6) is -1.38. The molecule has 0 radical (unpaired) electrons. The first-order chi connectivity index (χ1) is 14.9. The molecule has 1 unspecified atom stereocenters. The molecule has 0 spiro atoms. The van der Waals surface area contributed by atoms with E-state index in [9.17, 15) is 9.59 Å². The SMILES string of the molecule is Nc1c(Cl)c(Cl)nc(C(=O)OC(C(=O)c2c[nH]c3ccccc23)c2ccccc2)c1Cl. The number of ether oxygens (including phenoxy) is 1. The molecule has 0 aliphatic heterocycles. The zero-order chi connectivity index (χ0) is 22.1. The minimum Gasteiger partial charge on any atom is -0.444 e. The summed E-state index contributed by atoms with van der Waals surface area (Å²) >= 11 is 18.0. The highest BCUT2D eigenvalue weighted by Gasteiger charge is 2.30. The van der Waals surface area contributed by atoms with Crippen LogP contribution in [0.1, 0.15) is 32.5 Å². The number of halogens is 3. The highest BCUT2D eigenvalue weighted by molar-refractivity contribution is 6.46. The number of nitrogen functional groups attached to an aromatic ring is 1. The van der Waals surface area contributed by atoms with Crippen LogP contribution in [0.25, 0.3) is 10.9 Å². The number of benzene rings is 2. The maximum absolute atomic E-state index is 13.4. The molecule has 3 N–H and O–H groups in total. The molecule has 0 saturated heterocycles. The number of nitrogens with zero attached hydrogens (tertiary/aromatic N) is 1. The first-order valence-electron chi connectivity index (χ1n) is 9.04. The Morgan fingerprint density at radius 2 is 1.65 bits per heavy atom. The lowest BCUT2D eigenvalue weighted by Gasteiger charge is -2.18. The molecule has 1 atom stereocenters. The molecule has 9 heteroatoms. The topological polar surface area (TPSA) is 98.1 Å². The van der Waals surface area contributed by atoms with Crippen LogP contribution in [0.3, 0.4) is 0 Å². The Balaban J connectivity index is 1.75. The van der Waals surface area contributed by atoms with Gasteiger partial charge in [0.05, 0.1) is 10.7 Å². The molecule has 2 heterocycles. The number of carbonyl (C=O) groups excluding carboxylic acids is 2. The second-order valence-electron chi connectivity index (χ2n) is 6.60. The summed E-state index contributed by atoms with van der Waals surface area (Å²) in [5.41, 5.74) is 7.01. The number of aromatic nitrogens is 2. The van der Waals surface area contributed by atoms with Crippen LogP contribution in [0, 0.1) is 0 Å². The zero-order valence-corrected chi connectivity index (χ0v) is 18.0. The van der Waals surface area contributed by atoms with Gasteiger partial charge in [0.25, 0.3) is 0 Å². The largest absolute Gasteiger partial charge is 0.444 e. The van der Waals surface area contributed by atoms with Crippen molar-refractivity contribution in [2.24, 2.45) is 0 Å². The monoisotopic (exact) mass is 473 g/mol. The van der Waals surface area contributed by atoms with Crippen LogP contribution in [0.2, 0.25) is 15.2 Å². The van der Waals surface area contributed by atoms with Crippen molar-refractivity contribution < 1.29 is 14.3 Å². The fourth-order valence-electron chi connectivity index (χ4n) is 3.15. The molecule has 0 saturated carbocycles. The molecule has 6 nitrogen and oxygen atoms in total. The van der Waals surface area contributed by atoms with Crippen LogP contribution in [0.5, 0.6) is 0 Å². The first kappa shape index (κ1) is 21.2. The van der Waals surface area contributed by atoms with Crippen molar-refractivity contribution >= 4 is 63.1 Å². The standard InChI is InChI=1S/C22H14Cl3N3O3/c23-15-17(26)16(24)21(25)28-18(15)22(30)31-20(11-6-2-1-3-7-11)19(29)13-10-27-14-9-5-4-8-12(13)14/h1-10,20,27H,(H2,26,28). The summed E-state index contributed by atoms with van der Waals surface area (Å²) < 4.78 is 5.58. The molecular weight excluding hydrogens is 461 g/mol. The molecule has 0 fully saturated rings. The molecule has 4 aromatic rings. The second kappa shape index (κ2) is 8.59. The molecule has 0 bridgehead atoms. The molecule has 0 aliphatic carbocycles. The van der Waals surface area contributed by atoms with Crippen LogP contribution in [0.15, 0.2) is 60.8 Å². The molecule has 2 aromatic heterocycles. The molecule has 0 amide bonds. The number of nitrogens with two attached hydrogens (primary N) is 1. The van der Waals surface area contributed by atoms with Crippen LogP contribution < -0.4 is 5.73 Å². The van der Waals surface area contributed by atoms with E-state index in [1.54, 1.807) is 42.6 Å². The number of ketones is 1. The lowest BCUT2D eigenvalue weighted by atomic mass is 9.99. The van der Waals surface area contributed by atoms with E-state index in [1.807, 2.05) is 18.2 Å². The number of hydrogen-bond acceptors (Lipinski definition) is 5. The number of fused-ring (bicyclic) bond motifs is 1. The highest BCUT2D eigenvalue weighted by Crippen LogP contribution is 2.35. The van der Waals surface area contributed by atoms with Gasteiger partial charge in [0.2, 0.25) is 5.78 Å². The number of rotatable bonds is 5. The maximum atomic E-state index is 13.4. The summed E-state index contributed by atoms with van der Waals surface area (Å²) in [7, 11) is 0. The minimum atomic E-state index is -1.25. The molecule has 156 valence electrons. The predicted molar refractivity (Wildman–Crippen MR) is 121 cm³/mol. The number of pyridine rings is 1. The van der Waals surface area contributed by atoms with Crippen LogP contribution in [0.4, 0.5) is 5.69 Å². The van der Waals surface area contributed by atoms with Crippen molar-refractivity contribution in [2.45, 2.75) is 6.10 Å². The first-order valence-corrected chi connectivity index (χ1v) is 10.2. The van der Waals surface area contributed by atoms with Gasteiger partial charge in [-0.2, -0.15) is 0 Å². The smallest absolute Gasteiger partial charge is 0.359 e. The molecular formula is C22H14Cl3N3O3. The third-order valence-corrected chi connectivity index (χ3v) is 5.82. The van der Waals surface area contributed by atoms with E-state index in [0.29, 0.717) is 16.5 Å². The van der Waals surface area contributed by atoms with Gasteiger partial charge in [0, 0.05) is 28.2 Å². The van der Waals surface area contributed by atoms with Gasteiger partial charge in [-0.1, -0.05) is 83.3 Å². The normalized spacial score (nSPS) is 12.0. The second-order valence-corrected chi connectivity index (χ2v) is 7.72. The number of para-hydroxylation sites is 1. The summed E-state index contributed by atoms with van der Waals surface area (Å²) in [6.07, 6.45) is 0.334. The summed E-state index contributed by atoms with van der Waals surface area (Å²) in [6.45, 7) is 0. The predicted octanol–water partition coefficient (Wildman–Crippen LogP) is 5.89. The fraction of sp³-hybridized carbons (Fsp3) is 0.0455. The number of H-pyrrole nitrogens is 1. The van der Waals surface area contributed by atoms with Crippen molar-refractivity contribution in [1.29, 1.82) is 0 Å². The zero-order valence-electron chi connectivity index (χ0n) is 15.7. The average molecular weight is 475 g/mol. The van der Waals surface area contributed by atoms with E-state index in [1.165, 1.54) is 0 Å². The highest BCUT2D eigenvalue weighted by atomic mass is 35.5. The third-order valence-electron chi connectivity index (χ3n) is 4.69. The van der Waals surface area contributed by atoms with Gasteiger partial charge in [0.1, 0.15) is 5.02 Å². The Kier molecular flexibility index (Phi) is 5.87. The number of aromatic amines is 1. The van der Waals surface area contributed by atoms with Crippen molar-refractivity contribution in [3.63, 3.8) is 0 Å². The van der Waals surface area contributed by atoms with Crippen molar-refractivity contribution in [3.05, 3.63) is 92.8 Å². The Morgan fingerprint density at radius 1 is 0.968 bits per heavy atom. The quantitative estimate of drug-likeness (QED) is 0.214. The fourth-order valence-corrected chi connectivity index (χ4v) is 3.73. The van der Waals surface area contributed by atoms with Gasteiger partial charge >= 0.3 is 5.97 Å². The van der Waals surface area contributed by atoms with Crippen molar-refractivity contribution in [1.82, 2.24) is 9.97 Å². The van der Waals surface area contributed by atoms with Crippen molar-refractivity contribution in [3.8, 4) is 0 Å². The third kappa shape index (κ3) is 3.97. The average Bonchev–Trinajstić information content (AvgIpc) is 3.22.